The van der Waals surface area contributed by atoms with E-state index in [0.717, 1.165) is 77.0 Å². The molecule has 0 rings (SSSR count). The van der Waals surface area contributed by atoms with Crippen LogP contribution in [0.1, 0.15) is 316 Å². The lowest BCUT2D eigenvalue weighted by molar-refractivity contribution is -0.166. The summed E-state index contributed by atoms with van der Waals surface area (Å²) in [6, 6.07) is 0. The van der Waals surface area contributed by atoms with Crippen molar-refractivity contribution in [2.45, 2.75) is 322 Å². The average Bonchev–Trinajstić information content (AvgIpc) is 3.41. The Bertz CT molecular complexity index is 1430. The van der Waals surface area contributed by atoms with Crippen molar-refractivity contribution >= 4 is 17.9 Å². The van der Waals surface area contributed by atoms with Gasteiger partial charge in [-0.3, -0.25) is 14.4 Å². The fourth-order valence-corrected chi connectivity index (χ4v) is 9.11. The third-order valence-electron chi connectivity index (χ3n) is 13.9. The normalized spacial score (nSPS) is 12.6. The molecule has 0 unspecified atom stereocenters. The number of hydrogen-bond acceptors (Lipinski definition) is 6. The van der Waals surface area contributed by atoms with Gasteiger partial charge in [-0.25, -0.2) is 0 Å². The first kappa shape index (κ1) is 71.6. The van der Waals surface area contributed by atoms with Gasteiger partial charge in [0.15, 0.2) is 6.10 Å². The van der Waals surface area contributed by atoms with Gasteiger partial charge in [0.2, 0.25) is 0 Å². The zero-order valence-electron chi connectivity index (χ0n) is 49.6. The van der Waals surface area contributed by atoms with E-state index in [1.165, 1.54) is 193 Å². The number of rotatable bonds is 58. The molecule has 75 heavy (non-hydrogen) atoms. The molecule has 1 atom stereocenters. The highest BCUT2D eigenvalue weighted by Crippen LogP contribution is 2.17. The zero-order chi connectivity index (χ0) is 54.3. The second-order valence-electron chi connectivity index (χ2n) is 21.3. The summed E-state index contributed by atoms with van der Waals surface area (Å²) >= 11 is 0. The predicted molar refractivity (Wildman–Crippen MR) is 325 cm³/mol. The molecule has 6 nitrogen and oxygen atoms in total. The summed E-state index contributed by atoms with van der Waals surface area (Å²) < 4.78 is 16.9. The summed E-state index contributed by atoms with van der Waals surface area (Å²) in [4.78, 5) is 38.3. The van der Waals surface area contributed by atoms with E-state index in [-0.39, 0.29) is 37.5 Å². The van der Waals surface area contributed by atoms with Crippen molar-refractivity contribution in [3.8, 4) is 0 Å². The predicted octanol–water partition coefficient (Wildman–Crippen LogP) is 21.9. The second-order valence-corrected chi connectivity index (χ2v) is 21.3. The minimum Gasteiger partial charge on any atom is -0.462 e. The van der Waals surface area contributed by atoms with Crippen molar-refractivity contribution in [3.63, 3.8) is 0 Å². The van der Waals surface area contributed by atoms with Crippen molar-refractivity contribution in [3.05, 3.63) is 85.1 Å². The van der Waals surface area contributed by atoms with Crippen molar-refractivity contribution in [1.82, 2.24) is 0 Å². The molecule has 6 heteroatoms. The van der Waals surface area contributed by atoms with Crippen LogP contribution in [0.25, 0.3) is 0 Å². The fraction of sp³-hybridized carbons (Fsp3) is 0.754. The van der Waals surface area contributed by atoms with E-state index in [0.29, 0.717) is 19.3 Å². The van der Waals surface area contributed by atoms with Gasteiger partial charge < -0.3 is 14.2 Å². The Morgan fingerprint density at radius 2 is 0.547 bits per heavy atom. The summed E-state index contributed by atoms with van der Waals surface area (Å²) in [6.45, 7) is 6.50. The minimum atomic E-state index is -0.818. The van der Waals surface area contributed by atoms with Crippen molar-refractivity contribution in [2.24, 2.45) is 0 Å². The zero-order valence-corrected chi connectivity index (χ0v) is 49.6. The maximum atomic E-state index is 12.9. The molecule has 0 heterocycles. The van der Waals surface area contributed by atoms with Gasteiger partial charge in [-0.15, -0.1) is 0 Å². The summed E-state index contributed by atoms with van der Waals surface area (Å²) in [5, 5.41) is 0. The SMILES string of the molecule is CC/C=C\C/C=C\C/C=C\C/C=C\C/C=C\C/C=C\CCC(=O)O[C@H](COC(=O)CCCCCCCCCCC/C=C\CCCCCCCC)COC(=O)CCCCCCCCCCCCCCCCCCCCC. The maximum absolute atomic E-state index is 12.9. The molecule has 0 aromatic heterocycles. The molecule has 0 bridgehead atoms. The Kier molecular flexibility index (Phi) is 60.3. The number of allylic oxidation sites excluding steroid dienone is 14. The lowest BCUT2D eigenvalue weighted by atomic mass is 10.0. The number of unbranched alkanes of at least 4 members (excludes halogenated alkanes) is 33. The van der Waals surface area contributed by atoms with Crippen LogP contribution in [0.5, 0.6) is 0 Å². The van der Waals surface area contributed by atoms with Crippen molar-refractivity contribution < 1.29 is 28.6 Å². The van der Waals surface area contributed by atoms with E-state index in [9.17, 15) is 14.4 Å². The molecule has 0 saturated carbocycles. The molecule has 0 aliphatic rings. The monoisotopic (exact) mass is 1040 g/mol. The molecule has 0 aromatic carbocycles. The van der Waals surface area contributed by atoms with E-state index in [1.54, 1.807) is 0 Å². The van der Waals surface area contributed by atoms with Gasteiger partial charge in [-0.2, -0.15) is 0 Å². The van der Waals surface area contributed by atoms with Gasteiger partial charge in [-0.05, 0) is 83.5 Å². The molecular weight excluding hydrogens is 925 g/mol. The van der Waals surface area contributed by atoms with Gasteiger partial charge in [0.05, 0.1) is 0 Å². The quantitative estimate of drug-likeness (QED) is 0.0261. The molecule has 0 fully saturated rings. The van der Waals surface area contributed by atoms with E-state index in [1.807, 2.05) is 6.08 Å². The van der Waals surface area contributed by atoms with Gasteiger partial charge in [0.25, 0.3) is 0 Å². The molecule has 0 aliphatic carbocycles. The van der Waals surface area contributed by atoms with E-state index >= 15 is 0 Å². The van der Waals surface area contributed by atoms with Crippen LogP contribution in [0.2, 0.25) is 0 Å². The van der Waals surface area contributed by atoms with Crippen LogP contribution in [-0.4, -0.2) is 37.2 Å². The van der Waals surface area contributed by atoms with Crippen LogP contribution < -0.4 is 0 Å². The van der Waals surface area contributed by atoms with Crippen LogP contribution in [0.15, 0.2) is 85.1 Å². The van der Waals surface area contributed by atoms with E-state index < -0.39 is 6.10 Å². The number of carbonyl (C=O) groups is 3. The number of hydrogen-bond donors (Lipinski definition) is 0. The Balaban J connectivity index is 4.46. The smallest absolute Gasteiger partial charge is 0.306 e. The lowest BCUT2D eigenvalue weighted by Crippen LogP contribution is -2.30. The van der Waals surface area contributed by atoms with E-state index in [2.05, 4.69) is 99.8 Å². The van der Waals surface area contributed by atoms with E-state index in [4.69, 9.17) is 14.2 Å². The van der Waals surface area contributed by atoms with Crippen LogP contribution >= 0.6 is 0 Å². The largest absolute Gasteiger partial charge is 0.462 e. The Morgan fingerprint density at radius 1 is 0.280 bits per heavy atom. The third-order valence-corrected chi connectivity index (χ3v) is 13.9. The molecule has 0 aliphatic heterocycles. The van der Waals surface area contributed by atoms with Crippen LogP contribution in [-0.2, 0) is 28.6 Å². The molecule has 0 saturated heterocycles. The summed E-state index contributed by atoms with van der Waals surface area (Å²) in [6.07, 6.45) is 83.1. The first-order valence-corrected chi connectivity index (χ1v) is 32.1. The standard InChI is InChI=1S/C69H120O6/c1-4-7-10-13-16-19-22-25-28-31-34-37-40-43-46-49-52-55-58-61-67(70)73-64-66(75-69(72)63-60-57-54-51-48-45-42-39-36-33-30-27-24-21-18-15-12-9-6-3)65-74-68(71)62-59-56-53-50-47-44-41-38-35-32-29-26-23-20-17-14-11-8-5-2/h9,12,18,21,25,27-28,30,36,39,45,48,54,57,66H,4-8,10-11,13-17,19-20,22-24,26,29,31-35,37-38,40-44,46-47,49-53,55-56,58-65H2,1-3H3/b12-9-,21-18-,28-25-,30-27-,39-36-,48-45-,57-54-/t66-/m1/s1. The first-order valence-electron chi connectivity index (χ1n) is 32.1. The lowest BCUT2D eigenvalue weighted by Gasteiger charge is -2.18. The molecule has 0 radical (unpaired) electrons. The molecular formula is C69H120O6. The molecule has 0 amide bonds. The Labute approximate surface area is 465 Å². The first-order chi connectivity index (χ1) is 37.0. The van der Waals surface area contributed by atoms with Crippen molar-refractivity contribution in [1.29, 1.82) is 0 Å². The number of esters is 3. The number of carbonyl (C=O) groups excluding carboxylic acids is 3. The third kappa shape index (κ3) is 61.3. The molecule has 0 aromatic rings. The molecule has 0 spiro atoms. The second kappa shape index (κ2) is 63.1. The van der Waals surface area contributed by atoms with Gasteiger partial charge in [0, 0.05) is 19.3 Å². The van der Waals surface area contributed by atoms with Gasteiger partial charge >= 0.3 is 17.9 Å². The summed E-state index contributed by atoms with van der Waals surface area (Å²) in [5.74, 6) is -0.977. The van der Waals surface area contributed by atoms with Gasteiger partial charge in [0.1, 0.15) is 13.2 Å². The molecule has 432 valence electrons. The van der Waals surface area contributed by atoms with Gasteiger partial charge in [-0.1, -0.05) is 298 Å². The summed E-state index contributed by atoms with van der Waals surface area (Å²) in [5.41, 5.74) is 0. The minimum absolute atomic E-state index is 0.104. The Hall–Kier alpha value is -3.41. The Morgan fingerprint density at radius 3 is 0.867 bits per heavy atom. The topological polar surface area (TPSA) is 78.9 Å². The fourth-order valence-electron chi connectivity index (χ4n) is 9.11. The average molecular weight is 1050 g/mol. The van der Waals surface area contributed by atoms with Crippen LogP contribution in [0.3, 0.4) is 0 Å². The maximum Gasteiger partial charge on any atom is 0.306 e. The van der Waals surface area contributed by atoms with Crippen LogP contribution in [0.4, 0.5) is 0 Å². The molecule has 0 N–H and O–H groups in total. The van der Waals surface area contributed by atoms with Crippen molar-refractivity contribution in [2.75, 3.05) is 13.2 Å². The highest BCUT2D eigenvalue weighted by atomic mass is 16.6. The number of ether oxygens (including phenoxy) is 3. The summed E-state index contributed by atoms with van der Waals surface area (Å²) in [7, 11) is 0. The highest BCUT2D eigenvalue weighted by Gasteiger charge is 2.19. The highest BCUT2D eigenvalue weighted by molar-refractivity contribution is 5.71. The van der Waals surface area contributed by atoms with Crippen LogP contribution in [0, 0.1) is 0 Å².